The lowest BCUT2D eigenvalue weighted by molar-refractivity contribution is 0.160. The number of hydrogen-bond acceptors (Lipinski definition) is 5. The lowest BCUT2D eigenvalue weighted by atomic mass is 10.0. The minimum atomic E-state index is -0.296. The normalized spacial score (nSPS) is 18.7. The van der Waals surface area contributed by atoms with Crippen LogP contribution in [-0.2, 0) is 13.0 Å². The number of hydrogen-bond donors (Lipinski definition) is 1. The SMILES string of the molecule is CN(Cc1cccs1)c1nc2c(s1)C(O)CCC2. The Labute approximate surface area is 115 Å². The van der Waals surface area contributed by atoms with Crippen LogP contribution < -0.4 is 4.90 Å². The van der Waals surface area contributed by atoms with Crippen molar-refractivity contribution in [1.82, 2.24) is 4.98 Å². The molecular weight excluding hydrogens is 264 g/mol. The lowest BCUT2D eigenvalue weighted by Gasteiger charge is -2.14. The maximum atomic E-state index is 9.97. The Balaban J connectivity index is 1.80. The van der Waals surface area contributed by atoms with Crippen LogP contribution in [0.2, 0.25) is 0 Å². The molecule has 1 atom stereocenters. The number of aryl methyl sites for hydroxylation is 1. The summed E-state index contributed by atoms with van der Waals surface area (Å²) in [5.74, 6) is 0. The van der Waals surface area contributed by atoms with Gasteiger partial charge < -0.3 is 10.0 Å². The first-order valence-electron chi connectivity index (χ1n) is 6.15. The van der Waals surface area contributed by atoms with Crippen molar-refractivity contribution in [3.05, 3.63) is 33.0 Å². The highest BCUT2D eigenvalue weighted by Crippen LogP contribution is 2.37. The number of anilines is 1. The monoisotopic (exact) mass is 280 g/mol. The van der Waals surface area contributed by atoms with Gasteiger partial charge in [0.05, 0.1) is 23.2 Å². The Morgan fingerprint density at radius 3 is 3.17 bits per heavy atom. The van der Waals surface area contributed by atoms with Gasteiger partial charge in [-0.25, -0.2) is 4.98 Å². The maximum Gasteiger partial charge on any atom is 0.185 e. The molecule has 0 aromatic carbocycles. The Hall–Kier alpha value is -0.910. The molecule has 0 fully saturated rings. The molecular formula is C13H16N2OS2. The minimum absolute atomic E-state index is 0.296. The number of thiazole rings is 1. The molecule has 0 amide bonds. The van der Waals surface area contributed by atoms with E-state index in [1.165, 1.54) is 4.88 Å². The molecule has 2 heterocycles. The third-order valence-electron chi connectivity index (χ3n) is 3.21. The smallest absolute Gasteiger partial charge is 0.185 e. The van der Waals surface area contributed by atoms with Crippen molar-refractivity contribution in [2.75, 3.05) is 11.9 Å². The van der Waals surface area contributed by atoms with Crippen molar-refractivity contribution >= 4 is 27.8 Å². The predicted octanol–water partition coefficient (Wildman–Crippen LogP) is 3.21. The van der Waals surface area contributed by atoms with Crippen molar-refractivity contribution in [3.63, 3.8) is 0 Å². The molecule has 96 valence electrons. The number of aliphatic hydroxyl groups excluding tert-OH is 1. The van der Waals surface area contributed by atoms with Crippen LogP contribution in [0.3, 0.4) is 0 Å². The van der Waals surface area contributed by atoms with E-state index in [1.54, 1.807) is 22.7 Å². The van der Waals surface area contributed by atoms with Gasteiger partial charge in [0.1, 0.15) is 0 Å². The Bertz CT molecular complexity index is 521. The van der Waals surface area contributed by atoms with Crippen molar-refractivity contribution in [2.45, 2.75) is 31.9 Å². The van der Waals surface area contributed by atoms with Crippen LogP contribution in [0.1, 0.15) is 34.4 Å². The summed E-state index contributed by atoms with van der Waals surface area (Å²) in [5, 5.41) is 13.1. The van der Waals surface area contributed by atoms with Gasteiger partial charge in [-0.05, 0) is 30.7 Å². The average molecular weight is 280 g/mol. The van der Waals surface area contributed by atoms with Crippen LogP contribution in [0.15, 0.2) is 17.5 Å². The summed E-state index contributed by atoms with van der Waals surface area (Å²) in [6.07, 6.45) is 2.64. The maximum absolute atomic E-state index is 9.97. The van der Waals surface area contributed by atoms with Crippen molar-refractivity contribution in [3.8, 4) is 0 Å². The van der Waals surface area contributed by atoms with Crippen molar-refractivity contribution < 1.29 is 5.11 Å². The van der Waals surface area contributed by atoms with Crippen LogP contribution in [0.5, 0.6) is 0 Å². The Morgan fingerprint density at radius 1 is 1.56 bits per heavy atom. The van der Waals surface area contributed by atoms with Crippen LogP contribution in [0, 0.1) is 0 Å². The zero-order valence-electron chi connectivity index (χ0n) is 10.3. The van der Waals surface area contributed by atoms with E-state index < -0.39 is 0 Å². The quantitative estimate of drug-likeness (QED) is 0.938. The number of aromatic nitrogens is 1. The second-order valence-electron chi connectivity index (χ2n) is 4.65. The summed E-state index contributed by atoms with van der Waals surface area (Å²) in [5.41, 5.74) is 1.10. The van der Waals surface area contributed by atoms with E-state index in [-0.39, 0.29) is 6.10 Å². The highest BCUT2D eigenvalue weighted by atomic mass is 32.1. The molecule has 1 N–H and O–H groups in total. The van der Waals surface area contributed by atoms with Crippen LogP contribution in [-0.4, -0.2) is 17.1 Å². The molecule has 0 saturated carbocycles. The summed E-state index contributed by atoms with van der Waals surface area (Å²) in [4.78, 5) is 9.26. The zero-order chi connectivity index (χ0) is 12.5. The minimum Gasteiger partial charge on any atom is -0.388 e. The molecule has 1 aliphatic carbocycles. The molecule has 5 heteroatoms. The summed E-state index contributed by atoms with van der Waals surface area (Å²) in [6.45, 7) is 0.889. The van der Waals surface area contributed by atoms with Gasteiger partial charge in [0, 0.05) is 11.9 Å². The van der Waals surface area contributed by atoms with Gasteiger partial charge in [-0.2, -0.15) is 0 Å². The Morgan fingerprint density at radius 2 is 2.44 bits per heavy atom. The standard InChI is InChI=1S/C13H16N2OS2/c1-15(8-9-4-3-7-17-9)13-14-10-5-2-6-11(16)12(10)18-13/h3-4,7,11,16H,2,5-6,8H2,1H3. The number of thiophene rings is 1. The molecule has 0 spiro atoms. The molecule has 1 unspecified atom stereocenters. The van der Waals surface area contributed by atoms with Gasteiger partial charge in [-0.1, -0.05) is 17.4 Å². The Kier molecular flexibility index (Phi) is 3.37. The second-order valence-corrected chi connectivity index (χ2v) is 6.69. The fraction of sp³-hybridized carbons (Fsp3) is 0.462. The fourth-order valence-electron chi connectivity index (χ4n) is 2.25. The first-order valence-corrected chi connectivity index (χ1v) is 7.85. The molecule has 0 bridgehead atoms. The van der Waals surface area contributed by atoms with Crippen molar-refractivity contribution in [1.29, 1.82) is 0 Å². The van der Waals surface area contributed by atoms with Gasteiger partial charge in [0.25, 0.3) is 0 Å². The number of rotatable bonds is 3. The molecule has 2 aromatic heterocycles. The first kappa shape index (κ1) is 12.1. The van der Waals surface area contributed by atoms with Crippen LogP contribution in [0.4, 0.5) is 5.13 Å². The summed E-state index contributed by atoms with van der Waals surface area (Å²) >= 11 is 3.41. The second kappa shape index (κ2) is 4.99. The number of nitrogens with zero attached hydrogens (tertiary/aromatic N) is 2. The first-order chi connectivity index (χ1) is 8.74. The van der Waals surface area contributed by atoms with Crippen molar-refractivity contribution in [2.24, 2.45) is 0 Å². The third-order valence-corrected chi connectivity index (χ3v) is 5.38. The van der Waals surface area contributed by atoms with Crippen LogP contribution >= 0.6 is 22.7 Å². The van der Waals surface area contributed by atoms with E-state index in [4.69, 9.17) is 0 Å². The van der Waals surface area contributed by atoms with E-state index in [2.05, 4.69) is 34.4 Å². The van der Waals surface area contributed by atoms with Gasteiger partial charge >= 0.3 is 0 Å². The molecule has 1 aliphatic rings. The molecule has 18 heavy (non-hydrogen) atoms. The number of aliphatic hydroxyl groups is 1. The van der Waals surface area contributed by atoms with E-state index in [0.29, 0.717) is 0 Å². The topological polar surface area (TPSA) is 36.4 Å². The van der Waals surface area contributed by atoms with Gasteiger partial charge in [-0.15, -0.1) is 11.3 Å². The van der Waals surface area contributed by atoms with E-state index in [0.717, 1.165) is 41.5 Å². The number of fused-ring (bicyclic) bond motifs is 1. The fourth-order valence-corrected chi connectivity index (χ4v) is 4.10. The highest BCUT2D eigenvalue weighted by Gasteiger charge is 2.23. The molecule has 3 rings (SSSR count). The van der Waals surface area contributed by atoms with E-state index >= 15 is 0 Å². The third kappa shape index (κ3) is 2.30. The van der Waals surface area contributed by atoms with E-state index in [9.17, 15) is 5.11 Å². The summed E-state index contributed by atoms with van der Waals surface area (Å²) in [7, 11) is 2.07. The molecule has 0 saturated heterocycles. The van der Waals surface area contributed by atoms with E-state index in [1.807, 2.05) is 0 Å². The molecule has 0 radical (unpaired) electrons. The van der Waals surface area contributed by atoms with Gasteiger partial charge in [0.2, 0.25) is 0 Å². The summed E-state index contributed by atoms with van der Waals surface area (Å²) < 4.78 is 0. The van der Waals surface area contributed by atoms with Gasteiger partial charge in [-0.3, -0.25) is 0 Å². The summed E-state index contributed by atoms with van der Waals surface area (Å²) in [6, 6.07) is 4.22. The lowest BCUT2D eigenvalue weighted by Crippen LogP contribution is -2.15. The van der Waals surface area contributed by atoms with Gasteiger partial charge in [0.15, 0.2) is 5.13 Å². The zero-order valence-corrected chi connectivity index (χ0v) is 11.9. The molecule has 2 aromatic rings. The molecule has 3 nitrogen and oxygen atoms in total. The predicted molar refractivity (Wildman–Crippen MR) is 76.4 cm³/mol. The highest BCUT2D eigenvalue weighted by molar-refractivity contribution is 7.15. The average Bonchev–Trinajstić information content (AvgIpc) is 2.97. The molecule has 0 aliphatic heterocycles. The van der Waals surface area contributed by atoms with Crippen LogP contribution in [0.25, 0.3) is 0 Å². The largest absolute Gasteiger partial charge is 0.388 e.